The largest absolute Gasteiger partial charge is 0.391 e. The third kappa shape index (κ3) is 5.43. The summed E-state index contributed by atoms with van der Waals surface area (Å²) < 4.78 is 0. The third-order valence-corrected chi connectivity index (χ3v) is 6.64. The average molecular weight is 439 g/mol. The summed E-state index contributed by atoms with van der Waals surface area (Å²) in [6.45, 7) is 11.9. The van der Waals surface area contributed by atoms with Crippen LogP contribution in [-0.4, -0.2) is 17.2 Å². The first-order valence-electron chi connectivity index (χ1n) is 11.8. The molecule has 3 heteroatoms. The molecule has 1 saturated heterocycles. The topological polar surface area (TPSA) is 24.8 Å². The highest BCUT2D eigenvalue weighted by atomic mass is 16.6. The maximum atomic E-state index is 5.88. The molecule has 0 aromatic heterocycles. The Morgan fingerprint density at radius 3 is 2.12 bits per heavy atom. The van der Waals surface area contributed by atoms with Gasteiger partial charge in [-0.05, 0) is 30.5 Å². The Kier molecular flexibility index (Phi) is 7.41. The number of aryl methyl sites for hydroxylation is 2. The maximum Gasteiger partial charge on any atom is 0.142 e. The van der Waals surface area contributed by atoms with Gasteiger partial charge in [-0.15, -0.1) is 6.58 Å². The fraction of sp³-hybridized carbons (Fsp3) is 0.300. The van der Waals surface area contributed by atoms with E-state index >= 15 is 0 Å². The van der Waals surface area contributed by atoms with E-state index in [9.17, 15) is 0 Å². The number of nitrogens with zero attached hydrogens (tertiary/aromatic N) is 2. The van der Waals surface area contributed by atoms with Gasteiger partial charge in [0, 0.05) is 31.0 Å². The predicted octanol–water partition coefficient (Wildman–Crippen LogP) is 7.19. The van der Waals surface area contributed by atoms with Crippen LogP contribution in [-0.2, 0) is 11.4 Å². The molecule has 0 N–H and O–H groups in total. The fourth-order valence-corrected chi connectivity index (χ4v) is 4.78. The van der Waals surface area contributed by atoms with Gasteiger partial charge in [0.2, 0.25) is 0 Å². The minimum absolute atomic E-state index is 0.197. The molecule has 1 heterocycles. The van der Waals surface area contributed by atoms with Crippen molar-refractivity contribution < 1.29 is 4.84 Å². The molecular formula is C30H34N2O. The van der Waals surface area contributed by atoms with Crippen molar-refractivity contribution in [2.24, 2.45) is 11.1 Å². The van der Waals surface area contributed by atoms with Gasteiger partial charge >= 0.3 is 0 Å². The number of hydrogen-bond acceptors (Lipinski definition) is 3. The van der Waals surface area contributed by atoms with Crippen LogP contribution in [0.1, 0.15) is 53.2 Å². The normalized spacial score (nSPS) is 22.3. The Hall–Kier alpha value is -3.17. The molecular weight excluding hydrogens is 404 g/mol. The zero-order valence-electron chi connectivity index (χ0n) is 19.9. The molecule has 0 unspecified atom stereocenters. The second-order valence-corrected chi connectivity index (χ2v) is 9.10. The summed E-state index contributed by atoms with van der Waals surface area (Å²) in [7, 11) is 0. The highest BCUT2D eigenvalue weighted by Crippen LogP contribution is 2.43. The average Bonchev–Trinajstić information content (AvgIpc) is 2.83. The lowest BCUT2D eigenvalue weighted by Gasteiger charge is -2.46. The maximum absolute atomic E-state index is 5.88. The molecule has 0 saturated carbocycles. The highest BCUT2D eigenvalue weighted by molar-refractivity contribution is 5.88. The smallest absolute Gasteiger partial charge is 0.142 e. The van der Waals surface area contributed by atoms with Crippen LogP contribution in [0.4, 0.5) is 0 Å². The molecule has 0 aliphatic carbocycles. The molecule has 0 radical (unpaired) electrons. The van der Waals surface area contributed by atoms with E-state index in [-0.39, 0.29) is 18.0 Å². The van der Waals surface area contributed by atoms with Crippen molar-refractivity contribution in [3.8, 4) is 0 Å². The molecule has 1 aliphatic heterocycles. The van der Waals surface area contributed by atoms with Gasteiger partial charge in [0.15, 0.2) is 0 Å². The molecule has 0 amide bonds. The number of benzene rings is 3. The van der Waals surface area contributed by atoms with E-state index in [2.05, 4.69) is 92.9 Å². The van der Waals surface area contributed by atoms with Crippen molar-refractivity contribution in [3.63, 3.8) is 0 Å². The quantitative estimate of drug-likeness (QED) is 0.288. The second-order valence-electron chi connectivity index (χ2n) is 9.10. The summed E-state index contributed by atoms with van der Waals surface area (Å²) in [5.41, 5.74) is 7.40. The molecule has 3 aromatic carbocycles. The fourth-order valence-electron chi connectivity index (χ4n) is 4.78. The minimum Gasteiger partial charge on any atom is -0.391 e. The summed E-state index contributed by atoms with van der Waals surface area (Å²) in [5, 5.41) is 4.70. The summed E-state index contributed by atoms with van der Waals surface area (Å²) in [6, 6.07) is 28.4. The van der Waals surface area contributed by atoms with E-state index in [0.29, 0.717) is 6.61 Å². The first kappa shape index (κ1) is 23.0. The van der Waals surface area contributed by atoms with Crippen molar-refractivity contribution in [3.05, 3.63) is 119 Å². The lowest BCUT2D eigenvalue weighted by atomic mass is 9.79. The molecule has 0 spiro atoms. The molecule has 33 heavy (non-hydrogen) atoms. The molecule has 0 bridgehead atoms. The van der Waals surface area contributed by atoms with E-state index in [4.69, 9.17) is 9.99 Å². The van der Waals surface area contributed by atoms with Gasteiger partial charge in [0.05, 0.1) is 5.71 Å². The van der Waals surface area contributed by atoms with E-state index < -0.39 is 0 Å². The number of likely N-dealkylation sites (tertiary alicyclic amines) is 1. The Morgan fingerprint density at radius 2 is 1.52 bits per heavy atom. The molecule has 3 nitrogen and oxygen atoms in total. The lowest BCUT2D eigenvalue weighted by Crippen LogP contribution is -2.45. The molecule has 3 atom stereocenters. The summed E-state index contributed by atoms with van der Waals surface area (Å²) in [4.78, 5) is 8.45. The molecule has 170 valence electrons. The van der Waals surface area contributed by atoms with E-state index in [1.165, 1.54) is 22.3 Å². The summed E-state index contributed by atoms with van der Waals surface area (Å²) >= 11 is 0. The monoisotopic (exact) mass is 438 g/mol. The van der Waals surface area contributed by atoms with Gasteiger partial charge in [0.1, 0.15) is 6.61 Å². The van der Waals surface area contributed by atoms with Crippen LogP contribution >= 0.6 is 0 Å². The lowest BCUT2D eigenvalue weighted by molar-refractivity contribution is 0.0941. The van der Waals surface area contributed by atoms with Crippen LogP contribution in [0.15, 0.2) is 96.7 Å². The number of hydrogen-bond donors (Lipinski definition) is 0. The number of oxime groups is 1. The first-order chi connectivity index (χ1) is 16.1. The molecule has 3 aromatic rings. The van der Waals surface area contributed by atoms with E-state index in [1.54, 1.807) is 0 Å². The third-order valence-electron chi connectivity index (χ3n) is 6.64. The molecule has 1 fully saturated rings. The van der Waals surface area contributed by atoms with Crippen LogP contribution in [0.5, 0.6) is 0 Å². The Balaban J connectivity index is 1.69. The SMILES string of the molecule is C=CCN1[C@H](c2ccc(C)cc2)C/C(=N\OCc2ccccc2)[C@@H](C)[C@@H]1c1ccc(C)cc1. The Labute approximate surface area is 198 Å². The van der Waals surface area contributed by atoms with Crippen molar-refractivity contribution in [2.45, 2.75) is 45.9 Å². The van der Waals surface area contributed by atoms with Crippen molar-refractivity contribution in [2.75, 3.05) is 6.54 Å². The van der Waals surface area contributed by atoms with E-state index in [1.807, 2.05) is 24.3 Å². The van der Waals surface area contributed by atoms with Crippen LogP contribution in [0.2, 0.25) is 0 Å². The van der Waals surface area contributed by atoms with Crippen molar-refractivity contribution >= 4 is 5.71 Å². The number of piperidine rings is 1. The molecule has 1 aliphatic rings. The zero-order valence-corrected chi connectivity index (χ0v) is 19.9. The van der Waals surface area contributed by atoms with Gasteiger partial charge < -0.3 is 4.84 Å². The summed E-state index contributed by atoms with van der Waals surface area (Å²) in [6.07, 6.45) is 2.86. The zero-order chi connectivity index (χ0) is 23.2. The standard InChI is InChI=1S/C30H34N2O/c1-5-19-32-29(26-15-11-22(2)12-16-26)20-28(31-33-21-25-9-7-6-8-10-25)24(4)30(32)27-17-13-23(3)14-18-27/h5-18,24,29-30H,1,19-21H2,2-4H3/b31-28+/t24-,29+,30-/m1/s1. The Morgan fingerprint density at radius 1 is 0.909 bits per heavy atom. The Bertz CT molecular complexity index is 1070. The van der Waals surface area contributed by atoms with Crippen molar-refractivity contribution in [1.82, 2.24) is 4.90 Å². The van der Waals surface area contributed by atoms with Crippen molar-refractivity contribution in [1.29, 1.82) is 0 Å². The van der Waals surface area contributed by atoms with Crippen LogP contribution < -0.4 is 0 Å². The van der Waals surface area contributed by atoms with Crippen LogP contribution in [0.3, 0.4) is 0 Å². The highest BCUT2D eigenvalue weighted by Gasteiger charge is 2.40. The predicted molar refractivity (Wildman–Crippen MR) is 137 cm³/mol. The van der Waals surface area contributed by atoms with Gasteiger partial charge in [-0.2, -0.15) is 0 Å². The number of rotatable bonds is 7. The van der Waals surface area contributed by atoms with Gasteiger partial charge in [0.25, 0.3) is 0 Å². The van der Waals surface area contributed by atoms with Crippen LogP contribution in [0, 0.1) is 19.8 Å². The van der Waals surface area contributed by atoms with E-state index in [0.717, 1.165) is 24.2 Å². The van der Waals surface area contributed by atoms with Gasteiger partial charge in [-0.1, -0.05) is 108 Å². The first-order valence-corrected chi connectivity index (χ1v) is 11.8. The minimum atomic E-state index is 0.197. The van der Waals surface area contributed by atoms with Gasteiger partial charge in [-0.3, -0.25) is 4.90 Å². The van der Waals surface area contributed by atoms with Crippen LogP contribution in [0.25, 0.3) is 0 Å². The van der Waals surface area contributed by atoms with Gasteiger partial charge in [-0.25, -0.2) is 0 Å². The summed E-state index contributed by atoms with van der Waals surface area (Å²) in [5.74, 6) is 0.227. The molecule has 4 rings (SSSR count). The second kappa shape index (κ2) is 10.6.